The molecule has 0 saturated carbocycles. The van der Waals surface area contributed by atoms with E-state index in [1.54, 1.807) is 13.0 Å². The fraction of sp³-hybridized carbons (Fsp3) is 0.467. The second kappa shape index (κ2) is 6.41. The van der Waals surface area contributed by atoms with Gasteiger partial charge in [-0.2, -0.15) is 0 Å². The highest BCUT2D eigenvalue weighted by Crippen LogP contribution is 2.26. The first kappa shape index (κ1) is 14.4. The molecule has 5 nitrogen and oxygen atoms in total. The highest BCUT2D eigenvalue weighted by atomic mass is 16.5. The standard InChI is InChI=1S/C15H20N2O3/c1-3-20-14(18)10-16-15(19)12-6-7-13-11(9-12)5-4-8-17(13)2/h6-7,9H,3-5,8,10H2,1-2H3,(H,16,19). The average molecular weight is 276 g/mol. The van der Waals surface area contributed by atoms with Crippen molar-refractivity contribution in [1.82, 2.24) is 5.32 Å². The van der Waals surface area contributed by atoms with Crippen molar-refractivity contribution in [3.63, 3.8) is 0 Å². The molecule has 1 aliphatic heterocycles. The molecule has 0 saturated heterocycles. The molecule has 5 heteroatoms. The molecule has 0 fully saturated rings. The fourth-order valence-electron chi connectivity index (χ4n) is 2.39. The van der Waals surface area contributed by atoms with E-state index in [0.717, 1.165) is 19.4 Å². The summed E-state index contributed by atoms with van der Waals surface area (Å²) in [5.74, 6) is -0.660. The van der Waals surface area contributed by atoms with E-state index in [-0.39, 0.29) is 12.5 Å². The van der Waals surface area contributed by atoms with Gasteiger partial charge in [0, 0.05) is 24.8 Å². The third kappa shape index (κ3) is 3.29. The zero-order valence-electron chi connectivity index (χ0n) is 11.9. The number of rotatable bonds is 4. The summed E-state index contributed by atoms with van der Waals surface area (Å²) < 4.78 is 4.77. The zero-order chi connectivity index (χ0) is 14.5. The first-order valence-corrected chi connectivity index (χ1v) is 6.89. The van der Waals surface area contributed by atoms with E-state index in [1.165, 1.54) is 11.3 Å². The summed E-state index contributed by atoms with van der Waals surface area (Å²) in [6, 6.07) is 5.67. The number of hydrogen-bond acceptors (Lipinski definition) is 4. The molecule has 20 heavy (non-hydrogen) atoms. The summed E-state index contributed by atoms with van der Waals surface area (Å²) >= 11 is 0. The Bertz CT molecular complexity index is 514. The van der Waals surface area contributed by atoms with Gasteiger partial charge in [0.25, 0.3) is 5.91 Å². The summed E-state index contributed by atoms with van der Waals surface area (Å²) in [5, 5.41) is 2.57. The molecule has 0 atom stereocenters. The number of carbonyl (C=O) groups excluding carboxylic acids is 2. The molecule has 0 spiro atoms. The van der Waals surface area contributed by atoms with E-state index in [0.29, 0.717) is 12.2 Å². The number of ether oxygens (including phenoxy) is 1. The lowest BCUT2D eigenvalue weighted by Crippen LogP contribution is -2.31. The first-order valence-electron chi connectivity index (χ1n) is 6.89. The Labute approximate surface area is 118 Å². The molecule has 0 bridgehead atoms. The van der Waals surface area contributed by atoms with Crippen LogP contribution in [0.3, 0.4) is 0 Å². The Kier molecular flexibility index (Phi) is 4.61. The summed E-state index contributed by atoms with van der Waals surface area (Å²) in [6.45, 7) is 3.00. The maximum atomic E-state index is 12.0. The van der Waals surface area contributed by atoms with Crippen molar-refractivity contribution in [3.05, 3.63) is 29.3 Å². The summed E-state index contributed by atoms with van der Waals surface area (Å²) in [4.78, 5) is 25.4. The molecule has 0 unspecified atom stereocenters. The van der Waals surface area contributed by atoms with Gasteiger partial charge < -0.3 is 15.0 Å². The number of hydrogen-bond donors (Lipinski definition) is 1. The first-order chi connectivity index (χ1) is 9.61. The molecule has 0 aromatic heterocycles. The van der Waals surface area contributed by atoms with Crippen LogP contribution in [0.2, 0.25) is 0 Å². The smallest absolute Gasteiger partial charge is 0.325 e. The van der Waals surface area contributed by atoms with Crippen LogP contribution >= 0.6 is 0 Å². The van der Waals surface area contributed by atoms with E-state index >= 15 is 0 Å². The maximum absolute atomic E-state index is 12.0. The number of carbonyl (C=O) groups is 2. The van der Waals surface area contributed by atoms with E-state index in [9.17, 15) is 9.59 Å². The minimum Gasteiger partial charge on any atom is -0.465 e. The van der Waals surface area contributed by atoms with Crippen molar-refractivity contribution >= 4 is 17.6 Å². The van der Waals surface area contributed by atoms with Crippen LogP contribution in [-0.2, 0) is 16.0 Å². The molecule has 108 valence electrons. The third-order valence-corrected chi connectivity index (χ3v) is 3.39. The number of esters is 1. The van der Waals surface area contributed by atoms with Gasteiger partial charge in [-0.3, -0.25) is 9.59 Å². The lowest BCUT2D eigenvalue weighted by atomic mass is 9.99. The SMILES string of the molecule is CCOC(=O)CNC(=O)c1ccc2c(c1)CCCN2C. The van der Waals surface area contributed by atoms with Gasteiger partial charge in [-0.05, 0) is 43.5 Å². The number of anilines is 1. The lowest BCUT2D eigenvalue weighted by Gasteiger charge is -2.27. The molecule has 1 N–H and O–H groups in total. The van der Waals surface area contributed by atoms with Gasteiger partial charge in [0.2, 0.25) is 0 Å². The Balaban J connectivity index is 2.02. The lowest BCUT2D eigenvalue weighted by molar-refractivity contribution is -0.141. The van der Waals surface area contributed by atoms with Crippen molar-refractivity contribution in [3.8, 4) is 0 Å². The van der Waals surface area contributed by atoms with Crippen molar-refractivity contribution in [2.75, 3.05) is 31.6 Å². The van der Waals surface area contributed by atoms with Gasteiger partial charge in [-0.25, -0.2) is 0 Å². The van der Waals surface area contributed by atoms with E-state index in [1.807, 2.05) is 12.1 Å². The van der Waals surface area contributed by atoms with Crippen molar-refractivity contribution < 1.29 is 14.3 Å². The molecule has 1 amide bonds. The van der Waals surface area contributed by atoms with Crippen LogP contribution in [0.5, 0.6) is 0 Å². The van der Waals surface area contributed by atoms with Gasteiger partial charge in [-0.15, -0.1) is 0 Å². The predicted molar refractivity (Wildman–Crippen MR) is 77.0 cm³/mol. The average Bonchev–Trinajstić information content (AvgIpc) is 2.45. The van der Waals surface area contributed by atoms with Crippen LogP contribution in [0.25, 0.3) is 0 Å². The van der Waals surface area contributed by atoms with Crippen molar-refractivity contribution in [1.29, 1.82) is 0 Å². The second-order valence-corrected chi connectivity index (χ2v) is 4.86. The Hall–Kier alpha value is -2.04. The molecule has 1 aliphatic rings. The highest BCUT2D eigenvalue weighted by molar-refractivity contribution is 5.96. The second-order valence-electron chi connectivity index (χ2n) is 4.86. The van der Waals surface area contributed by atoms with Crippen LogP contribution < -0.4 is 10.2 Å². The molecule has 1 aromatic carbocycles. The Morgan fingerprint density at radius 2 is 2.20 bits per heavy atom. The van der Waals surface area contributed by atoms with Crippen LogP contribution in [0, 0.1) is 0 Å². The van der Waals surface area contributed by atoms with Crippen LogP contribution in [0.4, 0.5) is 5.69 Å². The van der Waals surface area contributed by atoms with E-state index in [2.05, 4.69) is 17.3 Å². The van der Waals surface area contributed by atoms with Gasteiger partial charge >= 0.3 is 5.97 Å². The molecule has 2 rings (SSSR count). The van der Waals surface area contributed by atoms with Gasteiger partial charge in [0.15, 0.2) is 0 Å². The Morgan fingerprint density at radius 1 is 1.40 bits per heavy atom. The largest absolute Gasteiger partial charge is 0.465 e. The quantitative estimate of drug-likeness (QED) is 0.844. The Morgan fingerprint density at radius 3 is 2.95 bits per heavy atom. The van der Waals surface area contributed by atoms with E-state index in [4.69, 9.17) is 4.74 Å². The fourth-order valence-corrected chi connectivity index (χ4v) is 2.39. The minimum atomic E-state index is -0.418. The highest BCUT2D eigenvalue weighted by Gasteiger charge is 2.16. The number of aryl methyl sites for hydroxylation is 1. The van der Waals surface area contributed by atoms with Crippen LogP contribution in [-0.4, -0.2) is 38.6 Å². The minimum absolute atomic E-state index is 0.0936. The number of amides is 1. The predicted octanol–water partition coefficient (Wildman–Crippen LogP) is 1.36. The van der Waals surface area contributed by atoms with Crippen LogP contribution in [0.15, 0.2) is 18.2 Å². The normalized spacial score (nSPS) is 13.6. The molecule has 1 heterocycles. The summed E-state index contributed by atoms with van der Waals surface area (Å²) in [7, 11) is 2.05. The molecule has 0 radical (unpaired) electrons. The third-order valence-electron chi connectivity index (χ3n) is 3.39. The van der Waals surface area contributed by atoms with Crippen LogP contribution in [0.1, 0.15) is 29.3 Å². The number of nitrogens with zero attached hydrogens (tertiary/aromatic N) is 1. The zero-order valence-corrected chi connectivity index (χ0v) is 11.9. The number of benzene rings is 1. The monoisotopic (exact) mass is 276 g/mol. The number of nitrogens with one attached hydrogen (secondary N) is 1. The van der Waals surface area contributed by atoms with Crippen molar-refractivity contribution in [2.24, 2.45) is 0 Å². The molecule has 0 aliphatic carbocycles. The van der Waals surface area contributed by atoms with E-state index < -0.39 is 5.97 Å². The number of fused-ring (bicyclic) bond motifs is 1. The molecular formula is C15H20N2O3. The topological polar surface area (TPSA) is 58.6 Å². The van der Waals surface area contributed by atoms with Gasteiger partial charge in [-0.1, -0.05) is 0 Å². The molecular weight excluding hydrogens is 256 g/mol. The molecule has 1 aromatic rings. The van der Waals surface area contributed by atoms with Crippen molar-refractivity contribution in [2.45, 2.75) is 19.8 Å². The summed E-state index contributed by atoms with van der Waals surface area (Å²) in [6.07, 6.45) is 2.08. The van der Waals surface area contributed by atoms with Gasteiger partial charge in [0.05, 0.1) is 6.61 Å². The maximum Gasteiger partial charge on any atom is 0.325 e. The van der Waals surface area contributed by atoms with Gasteiger partial charge in [0.1, 0.15) is 6.54 Å². The summed E-state index contributed by atoms with van der Waals surface area (Å²) in [5.41, 5.74) is 2.95.